The quantitative estimate of drug-likeness (QED) is 0.850. The minimum Gasteiger partial charge on any atom is -0.324 e. The lowest BCUT2D eigenvalue weighted by atomic mass is 10.2. The Hall–Kier alpha value is -2.36. The van der Waals surface area contributed by atoms with E-state index in [1.807, 2.05) is 49.4 Å². The van der Waals surface area contributed by atoms with Crippen LogP contribution in [0.2, 0.25) is 0 Å². The minimum absolute atomic E-state index is 0.0327. The van der Waals surface area contributed by atoms with Gasteiger partial charge in [-0.15, -0.1) is 0 Å². The van der Waals surface area contributed by atoms with E-state index in [9.17, 15) is 4.79 Å². The van der Waals surface area contributed by atoms with E-state index < -0.39 is 0 Å². The van der Waals surface area contributed by atoms with E-state index in [0.29, 0.717) is 13.0 Å². The average Bonchev–Trinajstić information content (AvgIpc) is 2.58. The van der Waals surface area contributed by atoms with Crippen LogP contribution in [0.1, 0.15) is 12.1 Å². The molecule has 1 aromatic carbocycles. The minimum atomic E-state index is 0.0327. The second-order valence-corrected chi connectivity index (χ2v) is 4.61. The maximum absolute atomic E-state index is 11.7. The molecule has 1 amide bonds. The van der Waals surface area contributed by atoms with E-state index in [0.717, 1.165) is 22.9 Å². The van der Waals surface area contributed by atoms with Crippen molar-refractivity contribution in [2.24, 2.45) is 0 Å². The molecule has 0 atom stereocenters. The number of fused-ring (bicyclic) bond motifs is 1. The van der Waals surface area contributed by atoms with Crippen molar-refractivity contribution in [2.45, 2.75) is 13.3 Å². The van der Waals surface area contributed by atoms with Crippen LogP contribution < -0.4 is 10.2 Å². The summed E-state index contributed by atoms with van der Waals surface area (Å²) in [6.45, 7) is 2.59. The van der Waals surface area contributed by atoms with Gasteiger partial charge in [-0.3, -0.25) is 4.79 Å². The lowest BCUT2D eigenvalue weighted by Crippen LogP contribution is -2.19. The van der Waals surface area contributed by atoms with Gasteiger partial charge in [-0.1, -0.05) is 18.2 Å². The number of para-hydroxylation sites is 1. The third-order valence-corrected chi connectivity index (χ3v) is 3.17. The maximum Gasteiger partial charge on any atom is 0.226 e. The Morgan fingerprint density at radius 2 is 1.95 bits per heavy atom. The molecule has 96 valence electrons. The molecule has 1 aliphatic heterocycles. The van der Waals surface area contributed by atoms with Crippen molar-refractivity contribution in [1.82, 2.24) is 4.98 Å². The Balaban J connectivity index is 2.11. The first-order valence-electron chi connectivity index (χ1n) is 6.34. The zero-order chi connectivity index (χ0) is 13.2. The fraction of sp³-hybridized carbons (Fsp3) is 0.200. The summed E-state index contributed by atoms with van der Waals surface area (Å²) in [4.78, 5) is 18.4. The molecule has 2 heterocycles. The first kappa shape index (κ1) is 11.7. The molecule has 2 aromatic rings. The Morgan fingerprint density at radius 3 is 2.74 bits per heavy atom. The van der Waals surface area contributed by atoms with Crippen molar-refractivity contribution in [1.29, 1.82) is 0 Å². The van der Waals surface area contributed by atoms with Gasteiger partial charge >= 0.3 is 0 Å². The SMILES string of the molecule is Cc1ccc2c(n1)N(c1ccccc1)CCC(=O)N2. The van der Waals surface area contributed by atoms with Crippen molar-refractivity contribution in [3.05, 3.63) is 48.2 Å². The van der Waals surface area contributed by atoms with Gasteiger partial charge in [-0.05, 0) is 31.2 Å². The number of nitrogens with zero attached hydrogens (tertiary/aromatic N) is 2. The summed E-state index contributed by atoms with van der Waals surface area (Å²) >= 11 is 0. The number of carbonyl (C=O) groups excluding carboxylic acids is 1. The monoisotopic (exact) mass is 253 g/mol. The second-order valence-electron chi connectivity index (χ2n) is 4.61. The van der Waals surface area contributed by atoms with Gasteiger partial charge < -0.3 is 10.2 Å². The van der Waals surface area contributed by atoms with E-state index in [1.165, 1.54) is 0 Å². The van der Waals surface area contributed by atoms with Crippen molar-refractivity contribution in [3.8, 4) is 0 Å². The van der Waals surface area contributed by atoms with Crippen LogP contribution >= 0.6 is 0 Å². The van der Waals surface area contributed by atoms with Crippen LogP contribution in [0.15, 0.2) is 42.5 Å². The molecule has 0 bridgehead atoms. The van der Waals surface area contributed by atoms with Crippen LogP contribution in [0.3, 0.4) is 0 Å². The largest absolute Gasteiger partial charge is 0.324 e. The smallest absolute Gasteiger partial charge is 0.226 e. The first-order chi connectivity index (χ1) is 9.24. The van der Waals surface area contributed by atoms with Crippen molar-refractivity contribution in [2.75, 3.05) is 16.8 Å². The predicted molar refractivity (Wildman–Crippen MR) is 75.7 cm³/mol. The fourth-order valence-electron chi connectivity index (χ4n) is 2.24. The van der Waals surface area contributed by atoms with Gasteiger partial charge in [0.2, 0.25) is 5.91 Å². The molecule has 1 aliphatic rings. The number of aryl methyl sites for hydroxylation is 1. The molecule has 19 heavy (non-hydrogen) atoms. The van der Waals surface area contributed by atoms with Gasteiger partial charge in [-0.25, -0.2) is 4.98 Å². The van der Waals surface area contributed by atoms with Gasteiger partial charge in [0.15, 0.2) is 5.82 Å². The first-order valence-corrected chi connectivity index (χ1v) is 6.34. The molecule has 1 N–H and O–H groups in total. The van der Waals surface area contributed by atoms with Gasteiger partial charge in [-0.2, -0.15) is 0 Å². The van der Waals surface area contributed by atoms with Gasteiger partial charge in [0.05, 0.1) is 5.69 Å². The molecule has 1 aromatic heterocycles. The summed E-state index contributed by atoms with van der Waals surface area (Å²) < 4.78 is 0. The van der Waals surface area contributed by atoms with Gasteiger partial charge in [0.1, 0.15) is 0 Å². The summed E-state index contributed by atoms with van der Waals surface area (Å²) in [5.74, 6) is 0.849. The average molecular weight is 253 g/mol. The number of carbonyl (C=O) groups is 1. The summed E-state index contributed by atoms with van der Waals surface area (Å²) in [7, 11) is 0. The molecule has 0 aliphatic carbocycles. The molecule has 0 fully saturated rings. The molecule has 4 heteroatoms. The van der Waals surface area contributed by atoms with E-state index in [1.54, 1.807) is 0 Å². The Bertz CT molecular complexity index is 610. The van der Waals surface area contributed by atoms with Gasteiger partial charge in [0.25, 0.3) is 0 Å². The molecule has 3 rings (SSSR count). The highest BCUT2D eigenvalue weighted by Crippen LogP contribution is 2.32. The van der Waals surface area contributed by atoms with E-state index in [4.69, 9.17) is 0 Å². The summed E-state index contributed by atoms with van der Waals surface area (Å²) in [6.07, 6.45) is 0.463. The number of pyridine rings is 1. The number of hydrogen-bond acceptors (Lipinski definition) is 3. The molecule has 0 spiro atoms. The molecule has 0 unspecified atom stereocenters. The number of anilines is 3. The Kier molecular flexibility index (Phi) is 2.91. The number of nitrogens with one attached hydrogen (secondary N) is 1. The summed E-state index contributed by atoms with van der Waals surface area (Å²) in [6, 6.07) is 13.9. The van der Waals surface area contributed by atoms with Crippen LogP contribution in [-0.4, -0.2) is 17.4 Å². The van der Waals surface area contributed by atoms with Gasteiger partial charge in [0, 0.05) is 24.3 Å². The zero-order valence-electron chi connectivity index (χ0n) is 10.8. The molecule has 0 radical (unpaired) electrons. The van der Waals surface area contributed by atoms with Crippen molar-refractivity contribution in [3.63, 3.8) is 0 Å². The van der Waals surface area contributed by atoms with Crippen LogP contribution in [-0.2, 0) is 4.79 Å². The number of hydrogen-bond donors (Lipinski definition) is 1. The van der Waals surface area contributed by atoms with E-state index in [2.05, 4.69) is 15.2 Å². The molecule has 0 saturated carbocycles. The highest BCUT2D eigenvalue weighted by molar-refractivity contribution is 5.96. The lowest BCUT2D eigenvalue weighted by molar-refractivity contribution is -0.115. The Labute approximate surface area is 112 Å². The number of aromatic nitrogens is 1. The van der Waals surface area contributed by atoms with E-state index in [-0.39, 0.29) is 5.91 Å². The fourth-order valence-corrected chi connectivity index (χ4v) is 2.24. The predicted octanol–water partition coefficient (Wildman–Crippen LogP) is 2.87. The van der Waals surface area contributed by atoms with Crippen LogP contribution in [0.25, 0.3) is 0 Å². The zero-order valence-corrected chi connectivity index (χ0v) is 10.8. The normalized spacial score (nSPS) is 14.6. The van der Waals surface area contributed by atoms with Crippen molar-refractivity contribution < 1.29 is 4.79 Å². The molecule has 0 saturated heterocycles. The molecular formula is C15H15N3O. The van der Waals surface area contributed by atoms with Crippen LogP contribution in [0.5, 0.6) is 0 Å². The molecule has 4 nitrogen and oxygen atoms in total. The highest BCUT2D eigenvalue weighted by Gasteiger charge is 2.21. The number of benzene rings is 1. The van der Waals surface area contributed by atoms with E-state index >= 15 is 0 Å². The topological polar surface area (TPSA) is 45.2 Å². The van der Waals surface area contributed by atoms with Crippen LogP contribution in [0.4, 0.5) is 17.2 Å². The number of amides is 1. The van der Waals surface area contributed by atoms with Crippen molar-refractivity contribution >= 4 is 23.1 Å². The standard InChI is InChI=1S/C15H15N3O/c1-11-7-8-13-15(16-11)18(10-9-14(19)17-13)12-5-3-2-4-6-12/h2-8H,9-10H2,1H3,(H,17,19). The van der Waals surface area contributed by atoms with Crippen LogP contribution in [0, 0.1) is 6.92 Å². The number of rotatable bonds is 1. The molecular weight excluding hydrogens is 238 g/mol. The lowest BCUT2D eigenvalue weighted by Gasteiger charge is -2.23. The Morgan fingerprint density at radius 1 is 1.16 bits per heavy atom. The summed E-state index contributed by atoms with van der Waals surface area (Å²) in [5.41, 5.74) is 2.77. The maximum atomic E-state index is 11.7. The highest BCUT2D eigenvalue weighted by atomic mass is 16.1. The third-order valence-electron chi connectivity index (χ3n) is 3.17. The third kappa shape index (κ3) is 2.29. The summed E-state index contributed by atoms with van der Waals surface area (Å²) in [5, 5.41) is 2.91. The second kappa shape index (κ2) is 4.72.